The van der Waals surface area contributed by atoms with Gasteiger partial charge in [-0.3, -0.25) is 0 Å². The summed E-state index contributed by atoms with van der Waals surface area (Å²) >= 11 is 0. The van der Waals surface area contributed by atoms with E-state index in [1.807, 2.05) is 18.2 Å². The molecule has 1 N–H and O–H groups in total. The average Bonchev–Trinajstić information content (AvgIpc) is 2.70. The lowest BCUT2D eigenvalue weighted by Crippen LogP contribution is -1.91. The van der Waals surface area contributed by atoms with E-state index in [1.54, 1.807) is 0 Å². The lowest BCUT2D eigenvalue weighted by atomic mass is 9.99. The molecule has 0 aliphatic heterocycles. The summed E-state index contributed by atoms with van der Waals surface area (Å²) in [7, 11) is 0. The van der Waals surface area contributed by atoms with Gasteiger partial charge in [0.2, 0.25) is 0 Å². The van der Waals surface area contributed by atoms with E-state index in [1.165, 1.54) is 22.3 Å². The normalized spacial score (nSPS) is 11.1. The van der Waals surface area contributed by atoms with E-state index in [-0.39, 0.29) is 0 Å². The third-order valence-electron chi connectivity index (χ3n) is 3.30. The SMILES string of the molecule is Cc1cc(C)c(-c2nc3ccccc3[nH]2)c(C)c1. The molecule has 0 aliphatic carbocycles. The Morgan fingerprint density at radius 1 is 0.944 bits per heavy atom. The van der Waals surface area contributed by atoms with Gasteiger partial charge in [0.15, 0.2) is 0 Å². The van der Waals surface area contributed by atoms with Crippen molar-refractivity contribution in [2.75, 3.05) is 0 Å². The molecule has 3 rings (SSSR count). The molecule has 1 heterocycles. The molecule has 0 saturated carbocycles. The van der Waals surface area contributed by atoms with Gasteiger partial charge >= 0.3 is 0 Å². The highest BCUT2D eigenvalue weighted by atomic mass is 14.9. The quantitative estimate of drug-likeness (QED) is 0.675. The number of aryl methyl sites for hydroxylation is 3. The van der Waals surface area contributed by atoms with E-state index >= 15 is 0 Å². The molecule has 0 bridgehead atoms. The van der Waals surface area contributed by atoms with Gasteiger partial charge in [-0.05, 0) is 44.0 Å². The average molecular weight is 236 g/mol. The molecule has 0 radical (unpaired) electrons. The minimum absolute atomic E-state index is 0.964. The Hall–Kier alpha value is -2.09. The van der Waals surface area contributed by atoms with Crippen LogP contribution in [0.4, 0.5) is 0 Å². The van der Waals surface area contributed by atoms with Crippen LogP contribution < -0.4 is 0 Å². The van der Waals surface area contributed by atoms with E-state index in [9.17, 15) is 0 Å². The van der Waals surface area contributed by atoms with Crippen molar-refractivity contribution in [2.45, 2.75) is 20.8 Å². The summed E-state index contributed by atoms with van der Waals surface area (Å²) in [5, 5.41) is 0. The molecule has 0 atom stereocenters. The van der Waals surface area contributed by atoms with Crippen molar-refractivity contribution < 1.29 is 0 Å². The summed E-state index contributed by atoms with van der Waals surface area (Å²) in [5.74, 6) is 0.964. The topological polar surface area (TPSA) is 28.7 Å². The Morgan fingerprint density at radius 3 is 2.28 bits per heavy atom. The highest BCUT2D eigenvalue weighted by molar-refractivity contribution is 5.80. The molecule has 0 fully saturated rings. The second kappa shape index (κ2) is 3.98. The molecule has 90 valence electrons. The van der Waals surface area contributed by atoms with Crippen molar-refractivity contribution in [3.8, 4) is 11.4 Å². The maximum atomic E-state index is 4.68. The summed E-state index contributed by atoms with van der Waals surface area (Å²) in [5.41, 5.74) is 7.17. The Kier molecular flexibility index (Phi) is 2.44. The fraction of sp³-hybridized carbons (Fsp3) is 0.188. The van der Waals surface area contributed by atoms with Crippen molar-refractivity contribution >= 4 is 11.0 Å². The van der Waals surface area contributed by atoms with Crippen molar-refractivity contribution in [1.29, 1.82) is 0 Å². The Labute approximate surface area is 107 Å². The summed E-state index contributed by atoms with van der Waals surface area (Å²) in [6, 6.07) is 12.5. The number of aromatic nitrogens is 2. The standard InChI is InChI=1S/C16H16N2/c1-10-8-11(2)15(12(3)9-10)16-17-13-6-4-5-7-14(13)18-16/h4-9H,1-3H3,(H,17,18). The predicted octanol–water partition coefficient (Wildman–Crippen LogP) is 4.16. The van der Waals surface area contributed by atoms with Crippen LogP contribution in [0.25, 0.3) is 22.4 Å². The van der Waals surface area contributed by atoms with Gasteiger partial charge in [-0.1, -0.05) is 29.8 Å². The largest absolute Gasteiger partial charge is 0.338 e. The number of imidazole rings is 1. The van der Waals surface area contributed by atoms with Crippen LogP contribution >= 0.6 is 0 Å². The van der Waals surface area contributed by atoms with Crippen LogP contribution in [-0.2, 0) is 0 Å². The number of para-hydroxylation sites is 2. The Bertz CT molecular complexity index is 667. The predicted molar refractivity (Wildman–Crippen MR) is 75.7 cm³/mol. The highest BCUT2D eigenvalue weighted by Crippen LogP contribution is 2.27. The maximum Gasteiger partial charge on any atom is 0.139 e. The molecule has 2 aromatic carbocycles. The lowest BCUT2D eigenvalue weighted by Gasteiger charge is -2.08. The zero-order chi connectivity index (χ0) is 12.7. The van der Waals surface area contributed by atoms with Crippen molar-refractivity contribution in [3.05, 3.63) is 53.1 Å². The third kappa shape index (κ3) is 1.70. The lowest BCUT2D eigenvalue weighted by molar-refractivity contribution is 1.25. The number of fused-ring (bicyclic) bond motifs is 1. The van der Waals surface area contributed by atoms with Crippen LogP contribution in [0.1, 0.15) is 16.7 Å². The van der Waals surface area contributed by atoms with Crippen LogP contribution in [-0.4, -0.2) is 9.97 Å². The molecule has 0 aliphatic rings. The van der Waals surface area contributed by atoms with Crippen LogP contribution in [0.5, 0.6) is 0 Å². The van der Waals surface area contributed by atoms with Gasteiger partial charge in [0.25, 0.3) is 0 Å². The minimum atomic E-state index is 0.964. The third-order valence-corrected chi connectivity index (χ3v) is 3.30. The second-order valence-corrected chi connectivity index (χ2v) is 4.88. The van der Waals surface area contributed by atoms with Crippen molar-refractivity contribution in [1.82, 2.24) is 9.97 Å². The van der Waals surface area contributed by atoms with Crippen LogP contribution in [0.2, 0.25) is 0 Å². The van der Waals surface area contributed by atoms with E-state index in [0.717, 1.165) is 16.9 Å². The number of nitrogens with zero attached hydrogens (tertiary/aromatic N) is 1. The van der Waals surface area contributed by atoms with Crippen molar-refractivity contribution in [2.24, 2.45) is 0 Å². The molecule has 2 heteroatoms. The van der Waals surface area contributed by atoms with E-state index < -0.39 is 0 Å². The Balaban J connectivity index is 2.26. The van der Waals surface area contributed by atoms with E-state index in [4.69, 9.17) is 0 Å². The van der Waals surface area contributed by atoms with Gasteiger partial charge in [-0.15, -0.1) is 0 Å². The Morgan fingerprint density at radius 2 is 1.61 bits per heavy atom. The smallest absolute Gasteiger partial charge is 0.139 e. The molecule has 0 saturated heterocycles. The molecule has 0 spiro atoms. The summed E-state index contributed by atoms with van der Waals surface area (Å²) in [6.07, 6.45) is 0. The number of hydrogen-bond donors (Lipinski definition) is 1. The summed E-state index contributed by atoms with van der Waals surface area (Å²) < 4.78 is 0. The monoisotopic (exact) mass is 236 g/mol. The number of aromatic amines is 1. The van der Waals surface area contributed by atoms with Crippen LogP contribution in [0.3, 0.4) is 0 Å². The van der Waals surface area contributed by atoms with Crippen LogP contribution in [0, 0.1) is 20.8 Å². The molecule has 3 aromatic rings. The zero-order valence-corrected chi connectivity index (χ0v) is 10.9. The first kappa shape index (κ1) is 11.0. The maximum absolute atomic E-state index is 4.68. The number of rotatable bonds is 1. The number of benzene rings is 2. The van der Waals surface area contributed by atoms with Gasteiger partial charge in [-0.25, -0.2) is 4.98 Å². The molecular formula is C16H16N2. The number of nitrogens with one attached hydrogen (secondary N) is 1. The molecular weight excluding hydrogens is 220 g/mol. The molecule has 18 heavy (non-hydrogen) atoms. The molecule has 0 amide bonds. The minimum Gasteiger partial charge on any atom is -0.338 e. The fourth-order valence-corrected chi connectivity index (χ4v) is 2.62. The number of H-pyrrole nitrogens is 1. The van der Waals surface area contributed by atoms with E-state index in [0.29, 0.717) is 0 Å². The molecule has 1 aromatic heterocycles. The molecule has 0 unspecified atom stereocenters. The fourth-order valence-electron chi connectivity index (χ4n) is 2.62. The van der Waals surface area contributed by atoms with Gasteiger partial charge in [-0.2, -0.15) is 0 Å². The van der Waals surface area contributed by atoms with E-state index in [2.05, 4.69) is 48.9 Å². The van der Waals surface area contributed by atoms with Gasteiger partial charge < -0.3 is 4.98 Å². The van der Waals surface area contributed by atoms with Gasteiger partial charge in [0.1, 0.15) is 5.82 Å². The summed E-state index contributed by atoms with van der Waals surface area (Å²) in [4.78, 5) is 8.08. The molecule has 2 nitrogen and oxygen atoms in total. The van der Waals surface area contributed by atoms with Gasteiger partial charge in [0, 0.05) is 5.56 Å². The summed E-state index contributed by atoms with van der Waals surface area (Å²) in [6.45, 7) is 6.41. The van der Waals surface area contributed by atoms with Crippen LogP contribution in [0.15, 0.2) is 36.4 Å². The van der Waals surface area contributed by atoms with Gasteiger partial charge in [0.05, 0.1) is 11.0 Å². The first-order valence-electron chi connectivity index (χ1n) is 6.18. The number of hydrogen-bond acceptors (Lipinski definition) is 1. The first-order chi connectivity index (χ1) is 8.65. The highest BCUT2D eigenvalue weighted by Gasteiger charge is 2.10. The zero-order valence-electron chi connectivity index (χ0n) is 10.9. The van der Waals surface area contributed by atoms with Crippen molar-refractivity contribution in [3.63, 3.8) is 0 Å². The first-order valence-corrected chi connectivity index (χ1v) is 6.18. The second-order valence-electron chi connectivity index (χ2n) is 4.88.